The van der Waals surface area contributed by atoms with E-state index in [0.717, 1.165) is 16.7 Å². The third-order valence-electron chi connectivity index (χ3n) is 6.46. The predicted octanol–water partition coefficient (Wildman–Crippen LogP) is 4.32. The number of halogens is 1. The van der Waals surface area contributed by atoms with Crippen molar-refractivity contribution >= 4 is 11.8 Å². The Balaban J connectivity index is 1.61. The molecule has 1 saturated heterocycles. The van der Waals surface area contributed by atoms with Crippen molar-refractivity contribution < 1.29 is 23.5 Å². The third-order valence-corrected chi connectivity index (χ3v) is 6.46. The fourth-order valence-electron chi connectivity index (χ4n) is 4.48. The Hall–Kier alpha value is -3.87. The lowest BCUT2D eigenvalue weighted by Crippen LogP contribution is -2.35. The number of ether oxygens (including phenoxy) is 2. The summed E-state index contributed by atoms with van der Waals surface area (Å²) in [5, 5.41) is 2.96. The maximum atomic E-state index is 13.4. The van der Waals surface area contributed by atoms with Crippen LogP contribution in [0.15, 0.2) is 66.7 Å². The Morgan fingerprint density at radius 2 is 1.69 bits per heavy atom. The quantitative estimate of drug-likeness (QED) is 0.552. The molecule has 0 bridgehead atoms. The van der Waals surface area contributed by atoms with E-state index in [0.29, 0.717) is 23.6 Å². The monoisotopic (exact) mass is 476 g/mol. The number of rotatable bonds is 7. The number of aryl methyl sites for hydroxylation is 1. The van der Waals surface area contributed by atoms with E-state index in [1.165, 1.54) is 12.1 Å². The van der Waals surface area contributed by atoms with Gasteiger partial charge in [0.15, 0.2) is 0 Å². The molecule has 0 saturated carbocycles. The average Bonchev–Trinajstić information content (AvgIpc) is 3.33. The lowest BCUT2D eigenvalue weighted by molar-refractivity contribution is -0.125. The molecule has 1 fully saturated rings. The normalized spacial score (nSPS) is 17.2. The van der Waals surface area contributed by atoms with Crippen LogP contribution in [-0.2, 0) is 11.3 Å². The van der Waals surface area contributed by atoms with Crippen LogP contribution in [0.25, 0.3) is 0 Å². The lowest BCUT2D eigenvalue weighted by atomic mass is 9.87. The molecule has 2 unspecified atom stereocenters. The minimum absolute atomic E-state index is 0.120. The molecule has 0 aliphatic carbocycles. The van der Waals surface area contributed by atoms with Crippen molar-refractivity contribution in [3.05, 3.63) is 94.8 Å². The maximum Gasteiger partial charge on any atom is 0.253 e. The summed E-state index contributed by atoms with van der Waals surface area (Å²) in [6.45, 7) is 2.87. The topological polar surface area (TPSA) is 67.9 Å². The van der Waals surface area contributed by atoms with Gasteiger partial charge in [0, 0.05) is 36.7 Å². The van der Waals surface area contributed by atoms with Gasteiger partial charge >= 0.3 is 0 Å². The number of hydrogen-bond donors (Lipinski definition) is 1. The Morgan fingerprint density at radius 3 is 2.34 bits per heavy atom. The lowest BCUT2D eigenvalue weighted by Gasteiger charge is -2.21. The molecule has 1 aliphatic heterocycles. The van der Waals surface area contributed by atoms with E-state index >= 15 is 0 Å². The second-order valence-corrected chi connectivity index (χ2v) is 8.74. The summed E-state index contributed by atoms with van der Waals surface area (Å²) in [6.07, 6.45) is 0. The highest BCUT2D eigenvalue weighted by Crippen LogP contribution is 2.40. The van der Waals surface area contributed by atoms with Gasteiger partial charge in [-0.25, -0.2) is 4.39 Å². The van der Waals surface area contributed by atoms with Crippen LogP contribution in [0, 0.1) is 18.7 Å². The Labute approximate surface area is 204 Å². The first kappa shape index (κ1) is 24.3. The van der Waals surface area contributed by atoms with Crippen LogP contribution in [0.5, 0.6) is 11.5 Å². The highest BCUT2D eigenvalue weighted by molar-refractivity contribution is 5.95. The van der Waals surface area contributed by atoms with E-state index < -0.39 is 5.92 Å². The van der Waals surface area contributed by atoms with Gasteiger partial charge < -0.3 is 19.7 Å². The minimum atomic E-state index is -0.495. The first-order valence-electron chi connectivity index (χ1n) is 11.5. The van der Waals surface area contributed by atoms with Gasteiger partial charge in [0.25, 0.3) is 5.91 Å². The van der Waals surface area contributed by atoms with Crippen molar-refractivity contribution in [1.29, 1.82) is 0 Å². The zero-order valence-electron chi connectivity index (χ0n) is 20.1. The maximum absolute atomic E-state index is 13.4. The zero-order valence-corrected chi connectivity index (χ0v) is 20.1. The van der Waals surface area contributed by atoms with Crippen molar-refractivity contribution in [1.82, 2.24) is 10.2 Å². The smallest absolute Gasteiger partial charge is 0.253 e. The molecule has 0 radical (unpaired) electrons. The SMILES string of the molecule is COc1ccc(OC)c(C2CN(C(=O)c3ccc(C)cc3)CC2C(=O)NCc2ccc(F)cc2)c1. The summed E-state index contributed by atoms with van der Waals surface area (Å²) < 4.78 is 24.2. The van der Waals surface area contributed by atoms with Crippen molar-refractivity contribution in [2.45, 2.75) is 19.4 Å². The number of nitrogens with zero attached hydrogens (tertiary/aromatic N) is 1. The first-order valence-corrected chi connectivity index (χ1v) is 11.5. The van der Waals surface area contributed by atoms with Crippen molar-refractivity contribution in [3.8, 4) is 11.5 Å². The fourth-order valence-corrected chi connectivity index (χ4v) is 4.48. The molecule has 1 aliphatic rings. The molecule has 2 amide bonds. The van der Waals surface area contributed by atoms with Crippen LogP contribution in [0.3, 0.4) is 0 Å². The fraction of sp³-hybridized carbons (Fsp3) is 0.286. The van der Waals surface area contributed by atoms with Crippen LogP contribution in [0.1, 0.15) is 33.0 Å². The van der Waals surface area contributed by atoms with E-state index in [9.17, 15) is 14.0 Å². The molecule has 35 heavy (non-hydrogen) atoms. The van der Waals surface area contributed by atoms with E-state index in [1.807, 2.05) is 31.2 Å². The Bertz CT molecular complexity index is 1190. The van der Waals surface area contributed by atoms with Gasteiger partial charge in [-0.05, 0) is 55.0 Å². The van der Waals surface area contributed by atoms with Crippen molar-refractivity contribution in [3.63, 3.8) is 0 Å². The van der Waals surface area contributed by atoms with Gasteiger partial charge in [-0.3, -0.25) is 9.59 Å². The van der Waals surface area contributed by atoms with Crippen LogP contribution in [-0.4, -0.2) is 44.0 Å². The molecule has 2 atom stereocenters. The van der Waals surface area contributed by atoms with Gasteiger partial charge in [0.05, 0.1) is 20.1 Å². The summed E-state index contributed by atoms with van der Waals surface area (Å²) in [4.78, 5) is 28.4. The second kappa shape index (κ2) is 10.6. The molecule has 3 aromatic rings. The molecule has 6 nitrogen and oxygen atoms in total. The standard InChI is InChI=1S/C28H29FN2O4/c1-18-4-8-20(9-5-18)28(33)31-16-24(23-14-22(34-2)12-13-26(23)35-3)25(17-31)27(32)30-15-19-6-10-21(29)11-7-19/h4-14,24-25H,15-17H2,1-3H3,(H,30,32). The molecule has 0 aromatic heterocycles. The number of nitrogens with one attached hydrogen (secondary N) is 1. The molecule has 1 heterocycles. The number of carbonyl (C=O) groups excluding carboxylic acids is 2. The summed E-state index contributed by atoms with van der Waals surface area (Å²) in [5.41, 5.74) is 3.26. The van der Waals surface area contributed by atoms with E-state index in [-0.39, 0.29) is 36.6 Å². The van der Waals surface area contributed by atoms with E-state index in [1.54, 1.807) is 49.5 Å². The summed E-state index contributed by atoms with van der Waals surface area (Å²) in [5.74, 6) is -0.125. The molecule has 0 spiro atoms. The van der Waals surface area contributed by atoms with Crippen LogP contribution in [0.2, 0.25) is 0 Å². The molecular weight excluding hydrogens is 447 g/mol. The molecule has 7 heteroatoms. The third kappa shape index (κ3) is 5.45. The van der Waals surface area contributed by atoms with Gasteiger partial charge in [0.1, 0.15) is 17.3 Å². The van der Waals surface area contributed by atoms with E-state index in [2.05, 4.69) is 5.32 Å². The van der Waals surface area contributed by atoms with Crippen LogP contribution in [0.4, 0.5) is 4.39 Å². The minimum Gasteiger partial charge on any atom is -0.497 e. The zero-order chi connectivity index (χ0) is 24.9. The number of amides is 2. The molecule has 3 aromatic carbocycles. The average molecular weight is 477 g/mol. The number of benzene rings is 3. The number of likely N-dealkylation sites (tertiary alicyclic amines) is 1. The van der Waals surface area contributed by atoms with Gasteiger partial charge in [-0.2, -0.15) is 0 Å². The van der Waals surface area contributed by atoms with Crippen molar-refractivity contribution in [2.75, 3.05) is 27.3 Å². The van der Waals surface area contributed by atoms with E-state index in [4.69, 9.17) is 9.47 Å². The molecule has 1 N–H and O–H groups in total. The van der Waals surface area contributed by atoms with Gasteiger partial charge in [0.2, 0.25) is 5.91 Å². The number of hydrogen-bond acceptors (Lipinski definition) is 4. The van der Waals surface area contributed by atoms with Crippen LogP contribution < -0.4 is 14.8 Å². The highest BCUT2D eigenvalue weighted by Gasteiger charge is 2.42. The number of carbonyl (C=O) groups is 2. The molecule has 182 valence electrons. The molecular formula is C28H29FN2O4. The van der Waals surface area contributed by atoms with Gasteiger partial charge in [-0.1, -0.05) is 29.8 Å². The van der Waals surface area contributed by atoms with Crippen LogP contribution >= 0.6 is 0 Å². The largest absolute Gasteiger partial charge is 0.497 e. The van der Waals surface area contributed by atoms with Crippen molar-refractivity contribution in [2.24, 2.45) is 5.92 Å². The van der Waals surface area contributed by atoms with Gasteiger partial charge in [-0.15, -0.1) is 0 Å². The predicted molar refractivity (Wildman–Crippen MR) is 131 cm³/mol. The second-order valence-electron chi connectivity index (χ2n) is 8.74. The molecule has 4 rings (SSSR count). The Kier molecular flexibility index (Phi) is 7.34. The first-order chi connectivity index (χ1) is 16.9. The highest BCUT2D eigenvalue weighted by atomic mass is 19.1. The summed E-state index contributed by atoms with van der Waals surface area (Å²) >= 11 is 0. The Morgan fingerprint density at radius 1 is 0.971 bits per heavy atom. The summed E-state index contributed by atoms with van der Waals surface area (Å²) in [7, 11) is 3.17. The number of methoxy groups -OCH3 is 2. The summed E-state index contributed by atoms with van der Waals surface area (Å²) in [6, 6.07) is 18.9.